The Morgan fingerprint density at radius 2 is 1.68 bits per heavy atom. The van der Waals surface area contributed by atoms with E-state index in [2.05, 4.69) is 32.1 Å². The number of alkyl halides is 3. The number of carbonyl (C=O) groups is 1. The number of benzene rings is 3. The van der Waals surface area contributed by atoms with Gasteiger partial charge in [0.05, 0.1) is 5.56 Å². The SMILES string of the molecule is O=C1NCc2c(OS(=O)(=O)c3ccc(OC(F)(F)F)cc3)ccc(-c3cc4cc(CN5CCCCC5)ccc4[nH]3)c21. The molecule has 2 aliphatic rings. The Morgan fingerprint density at radius 1 is 0.927 bits per heavy atom. The standard InChI is InChI=1S/C29H26F3N3O5S/c30-29(31,32)39-20-5-7-21(8-6-20)41(37,38)40-26-11-9-22(27-23(26)16-33-28(27)36)25-15-19-14-18(4-10-24(19)34-25)17-35-12-2-1-3-13-35/h4-11,14-15,34H,1-3,12-13,16-17H2,(H,33,36). The minimum atomic E-state index is -4.90. The second-order valence-electron chi connectivity index (χ2n) is 10.1. The maximum Gasteiger partial charge on any atom is 0.573 e. The van der Waals surface area contributed by atoms with Crippen LogP contribution in [0.2, 0.25) is 0 Å². The smallest absolute Gasteiger partial charge is 0.406 e. The number of rotatable bonds is 7. The molecule has 1 aromatic heterocycles. The van der Waals surface area contributed by atoms with E-state index in [1.54, 1.807) is 6.07 Å². The monoisotopic (exact) mass is 585 g/mol. The van der Waals surface area contributed by atoms with Crippen molar-refractivity contribution in [3.63, 3.8) is 0 Å². The number of aromatic amines is 1. The molecule has 3 heterocycles. The molecule has 8 nitrogen and oxygen atoms in total. The molecule has 0 unspecified atom stereocenters. The van der Waals surface area contributed by atoms with Crippen LogP contribution in [0.1, 0.15) is 40.7 Å². The van der Waals surface area contributed by atoms with Gasteiger partial charge in [-0.05, 0) is 86.1 Å². The number of halogens is 3. The maximum atomic E-state index is 12.9. The van der Waals surface area contributed by atoms with E-state index in [0.29, 0.717) is 22.4 Å². The Bertz CT molecular complexity index is 1730. The van der Waals surface area contributed by atoms with Gasteiger partial charge in [0, 0.05) is 40.8 Å². The molecule has 0 atom stereocenters. The zero-order valence-electron chi connectivity index (χ0n) is 21.8. The second-order valence-corrected chi connectivity index (χ2v) is 11.7. The van der Waals surface area contributed by atoms with Crippen LogP contribution >= 0.6 is 0 Å². The summed E-state index contributed by atoms with van der Waals surface area (Å²) in [6, 6.07) is 15.0. The highest BCUT2D eigenvalue weighted by atomic mass is 32.2. The lowest BCUT2D eigenvalue weighted by molar-refractivity contribution is -0.274. The van der Waals surface area contributed by atoms with E-state index in [-0.39, 0.29) is 23.1 Å². The number of aromatic nitrogens is 1. The molecule has 2 N–H and O–H groups in total. The van der Waals surface area contributed by atoms with E-state index in [1.165, 1.54) is 30.9 Å². The van der Waals surface area contributed by atoms with Crippen molar-refractivity contribution in [3.8, 4) is 22.8 Å². The average molecular weight is 586 g/mol. The molecule has 0 aliphatic carbocycles. The first-order valence-corrected chi connectivity index (χ1v) is 14.6. The van der Waals surface area contributed by atoms with Crippen LogP contribution in [-0.2, 0) is 23.2 Å². The Balaban J connectivity index is 1.27. The van der Waals surface area contributed by atoms with Crippen LogP contribution in [0.3, 0.4) is 0 Å². The summed E-state index contributed by atoms with van der Waals surface area (Å²) >= 11 is 0. The first-order valence-electron chi connectivity index (χ1n) is 13.1. The molecule has 12 heteroatoms. The summed E-state index contributed by atoms with van der Waals surface area (Å²) in [5, 5.41) is 3.72. The third kappa shape index (κ3) is 5.75. The van der Waals surface area contributed by atoms with Gasteiger partial charge in [0.1, 0.15) is 16.4 Å². The van der Waals surface area contributed by atoms with E-state index < -0.39 is 22.2 Å². The van der Waals surface area contributed by atoms with Crippen LogP contribution in [0.25, 0.3) is 22.2 Å². The van der Waals surface area contributed by atoms with Gasteiger partial charge in [-0.25, -0.2) is 0 Å². The second kappa shape index (κ2) is 10.4. The van der Waals surface area contributed by atoms with Crippen molar-refractivity contribution in [2.75, 3.05) is 13.1 Å². The van der Waals surface area contributed by atoms with Crippen LogP contribution in [0.4, 0.5) is 13.2 Å². The molecule has 3 aromatic carbocycles. The van der Waals surface area contributed by atoms with Crippen molar-refractivity contribution in [1.82, 2.24) is 15.2 Å². The number of nitrogens with one attached hydrogen (secondary N) is 2. The normalized spacial score (nSPS) is 16.0. The fourth-order valence-electron chi connectivity index (χ4n) is 5.40. The lowest BCUT2D eigenvalue weighted by Gasteiger charge is -2.26. The molecule has 0 spiro atoms. The van der Waals surface area contributed by atoms with Gasteiger partial charge >= 0.3 is 16.5 Å². The molecular formula is C29H26F3N3O5S. The van der Waals surface area contributed by atoms with E-state index in [4.69, 9.17) is 4.18 Å². The number of carbonyl (C=O) groups excluding carboxylic acids is 1. The molecule has 41 heavy (non-hydrogen) atoms. The van der Waals surface area contributed by atoms with Gasteiger partial charge in [-0.1, -0.05) is 12.5 Å². The van der Waals surface area contributed by atoms with Crippen molar-refractivity contribution in [1.29, 1.82) is 0 Å². The van der Waals surface area contributed by atoms with E-state index in [1.807, 2.05) is 12.1 Å². The first kappa shape index (κ1) is 27.2. The van der Waals surface area contributed by atoms with Crippen molar-refractivity contribution < 1.29 is 35.3 Å². The fraction of sp³-hybridized carbons (Fsp3) is 0.276. The van der Waals surface area contributed by atoms with E-state index >= 15 is 0 Å². The quantitative estimate of drug-likeness (QED) is 0.269. The number of piperidine rings is 1. The zero-order valence-corrected chi connectivity index (χ0v) is 22.6. The minimum absolute atomic E-state index is 0.0438. The highest BCUT2D eigenvalue weighted by Crippen LogP contribution is 2.37. The molecule has 1 amide bonds. The van der Waals surface area contributed by atoms with Crippen molar-refractivity contribution in [3.05, 3.63) is 77.4 Å². The Morgan fingerprint density at radius 3 is 2.41 bits per heavy atom. The summed E-state index contributed by atoms with van der Waals surface area (Å²) in [5.41, 5.74) is 4.10. The van der Waals surface area contributed by atoms with Crippen LogP contribution in [0.5, 0.6) is 11.5 Å². The van der Waals surface area contributed by atoms with Gasteiger partial charge in [-0.3, -0.25) is 9.69 Å². The van der Waals surface area contributed by atoms with Gasteiger partial charge in [-0.15, -0.1) is 13.2 Å². The minimum Gasteiger partial charge on any atom is -0.406 e. The highest BCUT2D eigenvalue weighted by molar-refractivity contribution is 7.87. The Labute approximate surface area is 234 Å². The van der Waals surface area contributed by atoms with Crippen molar-refractivity contribution in [2.24, 2.45) is 0 Å². The zero-order chi connectivity index (χ0) is 28.8. The van der Waals surface area contributed by atoms with Crippen LogP contribution in [0, 0.1) is 0 Å². The van der Waals surface area contributed by atoms with Gasteiger partial charge in [0.15, 0.2) is 0 Å². The largest absolute Gasteiger partial charge is 0.573 e. The first-order chi connectivity index (χ1) is 19.6. The van der Waals surface area contributed by atoms with Crippen LogP contribution in [-0.4, -0.2) is 43.7 Å². The summed E-state index contributed by atoms with van der Waals surface area (Å²) in [7, 11) is -4.42. The number of amides is 1. The van der Waals surface area contributed by atoms with Gasteiger partial charge in [0.2, 0.25) is 0 Å². The number of likely N-dealkylation sites (tertiary alicyclic amines) is 1. The molecule has 1 saturated heterocycles. The lowest BCUT2D eigenvalue weighted by Crippen LogP contribution is -2.28. The predicted octanol–water partition coefficient (Wildman–Crippen LogP) is 5.73. The van der Waals surface area contributed by atoms with E-state index in [9.17, 15) is 26.4 Å². The third-order valence-electron chi connectivity index (χ3n) is 7.30. The molecule has 1 fully saturated rings. The predicted molar refractivity (Wildman–Crippen MR) is 145 cm³/mol. The van der Waals surface area contributed by atoms with Crippen molar-refractivity contribution >= 4 is 26.9 Å². The fourth-order valence-corrected chi connectivity index (χ4v) is 6.36. The highest BCUT2D eigenvalue weighted by Gasteiger charge is 2.32. The van der Waals surface area contributed by atoms with Gasteiger partial charge in [-0.2, -0.15) is 8.42 Å². The van der Waals surface area contributed by atoms with Crippen LogP contribution in [0.15, 0.2) is 65.6 Å². The third-order valence-corrected chi connectivity index (χ3v) is 8.55. The average Bonchev–Trinajstić information content (AvgIpc) is 3.53. The molecule has 214 valence electrons. The number of fused-ring (bicyclic) bond motifs is 2. The topological polar surface area (TPSA) is 101 Å². The summed E-state index contributed by atoms with van der Waals surface area (Å²) in [6.45, 7) is 3.14. The number of ether oxygens (including phenoxy) is 1. The number of H-pyrrole nitrogens is 1. The molecule has 4 aromatic rings. The van der Waals surface area contributed by atoms with Crippen LogP contribution < -0.4 is 14.2 Å². The summed E-state index contributed by atoms with van der Waals surface area (Å²) in [6.07, 6.45) is -1.20. The number of hydrogen-bond acceptors (Lipinski definition) is 6. The summed E-state index contributed by atoms with van der Waals surface area (Å²) in [5.74, 6) is -0.970. The number of nitrogens with zero attached hydrogens (tertiary/aromatic N) is 1. The Hall–Kier alpha value is -4.03. The molecule has 6 rings (SSSR count). The van der Waals surface area contributed by atoms with Gasteiger partial charge in [0.25, 0.3) is 5.91 Å². The maximum absolute atomic E-state index is 12.9. The molecule has 2 aliphatic heterocycles. The Kier molecular flexibility index (Phi) is 6.90. The molecule has 0 saturated carbocycles. The molecule has 0 bridgehead atoms. The summed E-state index contributed by atoms with van der Waals surface area (Å²) < 4.78 is 72.3. The lowest BCUT2D eigenvalue weighted by atomic mass is 9.99. The van der Waals surface area contributed by atoms with Gasteiger partial charge < -0.3 is 19.2 Å². The summed E-state index contributed by atoms with van der Waals surface area (Å²) in [4.78, 5) is 18.3. The van der Waals surface area contributed by atoms with Crippen molar-refractivity contribution in [2.45, 2.75) is 43.6 Å². The van der Waals surface area contributed by atoms with E-state index in [0.717, 1.165) is 54.8 Å². The molecule has 0 radical (unpaired) electrons. The molecular weight excluding hydrogens is 559 g/mol. The number of hydrogen-bond donors (Lipinski definition) is 2.